The van der Waals surface area contributed by atoms with E-state index >= 15 is 0 Å². The minimum absolute atomic E-state index is 0.00821. The largest absolute Gasteiger partial charge is 0.465 e. The van der Waals surface area contributed by atoms with E-state index < -0.39 is 18.2 Å². The molecule has 32 heavy (non-hydrogen) atoms. The Morgan fingerprint density at radius 1 is 0.875 bits per heavy atom. The number of rotatable bonds is 9. The average molecular weight is 438 g/mol. The third-order valence-electron chi connectivity index (χ3n) is 4.75. The lowest BCUT2D eigenvalue weighted by molar-refractivity contribution is -0.140. The van der Waals surface area contributed by atoms with Gasteiger partial charge in [-0.1, -0.05) is 42.5 Å². The molecule has 0 atom stereocenters. The molecule has 0 unspecified atom stereocenters. The van der Waals surface area contributed by atoms with Crippen molar-refractivity contribution in [3.63, 3.8) is 0 Å². The molecular formula is C24H26N2O6. The number of aromatic nitrogens is 2. The van der Waals surface area contributed by atoms with E-state index in [-0.39, 0.29) is 11.3 Å². The Morgan fingerprint density at radius 2 is 1.47 bits per heavy atom. The first kappa shape index (κ1) is 23.2. The number of nitrogens with zero attached hydrogens (tertiary/aromatic N) is 2. The van der Waals surface area contributed by atoms with Gasteiger partial charge in [0, 0.05) is 24.3 Å². The highest BCUT2D eigenvalue weighted by Crippen LogP contribution is 2.30. The lowest BCUT2D eigenvalue weighted by Crippen LogP contribution is -2.15. The summed E-state index contributed by atoms with van der Waals surface area (Å²) in [6.07, 6.45) is -0.494. The Balaban J connectivity index is 2.16. The molecule has 3 rings (SSSR count). The maximum Gasteiger partial charge on any atom is 0.357 e. The van der Waals surface area contributed by atoms with Gasteiger partial charge >= 0.3 is 11.9 Å². The molecule has 0 fully saturated rings. The zero-order chi connectivity index (χ0) is 23.1. The van der Waals surface area contributed by atoms with Crippen molar-refractivity contribution in [2.75, 3.05) is 27.4 Å². The lowest BCUT2D eigenvalue weighted by atomic mass is 10.0. The van der Waals surface area contributed by atoms with E-state index in [4.69, 9.17) is 18.9 Å². The SMILES string of the molecule is CCOC(OCC)c1ccc(-c2nn(-c3ccccc3)c(C(=O)OC)c2C(=O)OC)cc1. The Kier molecular flexibility index (Phi) is 7.75. The van der Waals surface area contributed by atoms with Crippen LogP contribution >= 0.6 is 0 Å². The molecule has 0 aliphatic rings. The van der Waals surface area contributed by atoms with Crippen molar-refractivity contribution in [1.29, 1.82) is 0 Å². The molecule has 0 amide bonds. The lowest BCUT2D eigenvalue weighted by Gasteiger charge is -2.17. The number of methoxy groups -OCH3 is 2. The highest BCUT2D eigenvalue weighted by atomic mass is 16.7. The second kappa shape index (κ2) is 10.7. The minimum Gasteiger partial charge on any atom is -0.465 e. The van der Waals surface area contributed by atoms with E-state index in [9.17, 15) is 9.59 Å². The van der Waals surface area contributed by atoms with Crippen molar-refractivity contribution in [3.8, 4) is 16.9 Å². The number of ether oxygens (including phenoxy) is 4. The van der Waals surface area contributed by atoms with Crippen LogP contribution in [0, 0.1) is 0 Å². The summed E-state index contributed by atoms with van der Waals surface area (Å²) >= 11 is 0. The Hall–Kier alpha value is -3.49. The van der Waals surface area contributed by atoms with Gasteiger partial charge in [0.05, 0.1) is 19.9 Å². The zero-order valence-corrected chi connectivity index (χ0v) is 18.5. The van der Waals surface area contributed by atoms with Crippen LogP contribution in [-0.4, -0.2) is 49.2 Å². The van der Waals surface area contributed by atoms with Gasteiger partial charge in [0.2, 0.25) is 0 Å². The number of para-hydroxylation sites is 1. The van der Waals surface area contributed by atoms with E-state index in [0.29, 0.717) is 30.2 Å². The van der Waals surface area contributed by atoms with Crippen molar-refractivity contribution < 1.29 is 28.5 Å². The highest BCUT2D eigenvalue weighted by molar-refractivity contribution is 6.06. The average Bonchev–Trinajstić information content (AvgIpc) is 3.24. The van der Waals surface area contributed by atoms with Gasteiger partial charge in [-0.05, 0) is 26.0 Å². The Bertz CT molecular complexity index is 1050. The highest BCUT2D eigenvalue weighted by Gasteiger charge is 2.31. The molecule has 2 aromatic carbocycles. The molecule has 0 saturated carbocycles. The molecule has 0 aliphatic carbocycles. The van der Waals surface area contributed by atoms with E-state index in [1.54, 1.807) is 24.3 Å². The fourth-order valence-electron chi connectivity index (χ4n) is 3.30. The van der Waals surface area contributed by atoms with Crippen LogP contribution in [0.2, 0.25) is 0 Å². The predicted molar refractivity (Wildman–Crippen MR) is 118 cm³/mol. The molecule has 3 aromatic rings. The van der Waals surface area contributed by atoms with Crippen molar-refractivity contribution in [2.24, 2.45) is 0 Å². The molecule has 0 N–H and O–H groups in total. The van der Waals surface area contributed by atoms with Crippen molar-refractivity contribution in [1.82, 2.24) is 9.78 Å². The Morgan fingerprint density at radius 3 is 2.00 bits per heavy atom. The van der Waals surface area contributed by atoms with Crippen molar-refractivity contribution >= 4 is 11.9 Å². The first-order valence-corrected chi connectivity index (χ1v) is 10.2. The summed E-state index contributed by atoms with van der Waals surface area (Å²) < 4.78 is 22.6. The standard InChI is InChI=1S/C24H26N2O6/c1-5-31-24(32-6-2)17-14-12-16(13-15-17)20-19(22(27)29-3)21(23(28)30-4)26(25-20)18-10-8-7-9-11-18/h7-15,24H,5-6H2,1-4H3. The monoisotopic (exact) mass is 438 g/mol. The van der Waals surface area contributed by atoms with Crippen LogP contribution in [0.1, 0.15) is 46.5 Å². The Labute approximate surface area is 186 Å². The van der Waals surface area contributed by atoms with Crippen LogP contribution in [-0.2, 0) is 18.9 Å². The van der Waals surface area contributed by atoms with Gasteiger partial charge in [0.1, 0.15) is 11.3 Å². The van der Waals surface area contributed by atoms with E-state index in [1.165, 1.54) is 18.9 Å². The summed E-state index contributed by atoms with van der Waals surface area (Å²) in [5, 5.41) is 4.59. The van der Waals surface area contributed by atoms with Crippen molar-refractivity contribution in [2.45, 2.75) is 20.1 Å². The van der Waals surface area contributed by atoms with Gasteiger partial charge in [0.15, 0.2) is 12.0 Å². The third-order valence-corrected chi connectivity index (χ3v) is 4.75. The molecule has 8 nitrogen and oxygen atoms in total. The van der Waals surface area contributed by atoms with Gasteiger partial charge in [-0.3, -0.25) is 0 Å². The number of esters is 2. The van der Waals surface area contributed by atoms with Gasteiger partial charge < -0.3 is 18.9 Å². The molecule has 0 bridgehead atoms. The summed E-state index contributed by atoms with van der Waals surface area (Å²) in [6, 6.07) is 16.3. The van der Waals surface area contributed by atoms with Crippen LogP contribution in [0.25, 0.3) is 16.9 Å². The second-order valence-electron chi connectivity index (χ2n) is 6.67. The number of hydrogen-bond acceptors (Lipinski definition) is 7. The van der Waals surface area contributed by atoms with Gasteiger partial charge in [-0.2, -0.15) is 5.10 Å². The van der Waals surface area contributed by atoms with Crippen LogP contribution in [0.3, 0.4) is 0 Å². The van der Waals surface area contributed by atoms with Crippen LogP contribution < -0.4 is 0 Å². The van der Waals surface area contributed by atoms with Gasteiger partial charge in [0.25, 0.3) is 0 Å². The predicted octanol–water partition coefficient (Wildman–Crippen LogP) is 4.18. The first-order valence-electron chi connectivity index (χ1n) is 10.2. The molecule has 0 radical (unpaired) electrons. The van der Waals surface area contributed by atoms with E-state index in [1.807, 2.05) is 44.2 Å². The molecule has 0 spiro atoms. The quantitative estimate of drug-likeness (QED) is 0.366. The molecular weight excluding hydrogens is 412 g/mol. The van der Waals surface area contributed by atoms with Crippen LogP contribution in [0.4, 0.5) is 0 Å². The van der Waals surface area contributed by atoms with Crippen molar-refractivity contribution in [3.05, 3.63) is 71.4 Å². The summed E-state index contributed by atoms with van der Waals surface area (Å²) in [6.45, 7) is 4.80. The van der Waals surface area contributed by atoms with Crippen LogP contribution in [0.5, 0.6) is 0 Å². The number of carbonyl (C=O) groups excluding carboxylic acids is 2. The molecule has 1 heterocycles. The number of hydrogen-bond donors (Lipinski definition) is 0. The maximum atomic E-state index is 12.7. The molecule has 0 aliphatic heterocycles. The molecule has 0 saturated heterocycles. The number of benzene rings is 2. The summed E-state index contributed by atoms with van der Waals surface area (Å²) in [4.78, 5) is 25.4. The number of carbonyl (C=O) groups is 2. The van der Waals surface area contributed by atoms with E-state index in [0.717, 1.165) is 5.56 Å². The fourth-order valence-corrected chi connectivity index (χ4v) is 3.30. The van der Waals surface area contributed by atoms with Crippen LogP contribution in [0.15, 0.2) is 54.6 Å². The zero-order valence-electron chi connectivity index (χ0n) is 18.5. The van der Waals surface area contributed by atoms with E-state index in [2.05, 4.69) is 5.10 Å². The summed E-state index contributed by atoms with van der Waals surface area (Å²) in [5.41, 5.74) is 2.38. The third kappa shape index (κ3) is 4.71. The normalized spacial score (nSPS) is 10.9. The first-order chi connectivity index (χ1) is 15.5. The fraction of sp³-hybridized carbons (Fsp3) is 0.292. The smallest absolute Gasteiger partial charge is 0.357 e. The van der Waals surface area contributed by atoms with Gasteiger partial charge in [-0.25, -0.2) is 14.3 Å². The molecule has 168 valence electrons. The second-order valence-corrected chi connectivity index (χ2v) is 6.67. The summed E-state index contributed by atoms with van der Waals surface area (Å²) in [5.74, 6) is -1.38. The summed E-state index contributed by atoms with van der Waals surface area (Å²) in [7, 11) is 2.51. The maximum absolute atomic E-state index is 12.7. The minimum atomic E-state index is -0.697. The molecule has 8 heteroatoms. The topological polar surface area (TPSA) is 88.9 Å². The molecule has 1 aromatic heterocycles. The van der Waals surface area contributed by atoms with Gasteiger partial charge in [-0.15, -0.1) is 0 Å².